The largest absolute Gasteiger partial charge is 0.454 e. The molecule has 6 nitrogen and oxygen atoms in total. The van der Waals surface area contributed by atoms with Crippen LogP contribution >= 0.6 is 0 Å². The third kappa shape index (κ3) is 4.32. The van der Waals surface area contributed by atoms with Crippen LogP contribution in [0.4, 0.5) is 17.2 Å². The van der Waals surface area contributed by atoms with Crippen LogP contribution in [-0.2, 0) is 5.41 Å². The summed E-state index contributed by atoms with van der Waals surface area (Å²) < 4.78 is 10.7. The van der Waals surface area contributed by atoms with Gasteiger partial charge in [-0.1, -0.05) is 32.9 Å². The van der Waals surface area contributed by atoms with Crippen LogP contribution in [0.5, 0.6) is 11.5 Å². The molecule has 148 valence electrons. The van der Waals surface area contributed by atoms with E-state index in [2.05, 4.69) is 36.4 Å². The van der Waals surface area contributed by atoms with Gasteiger partial charge in [-0.3, -0.25) is 4.79 Å². The second-order valence-corrected chi connectivity index (χ2v) is 7.90. The number of nitrogens with zero attached hydrogens (tertiary/aromatic N) is 1. The van der Waals surface area contributed by atoms with Crippen molar-refractivity contribution in [3.8, 4) is 11.5 Å². The Hall–Kier alpha value is -3.54. The summed E-state index contributed by atoms with van der Waals surface area (Å²) in [5.74, 6) is 1.78. The lowest BCUT2D eigenvalue weighted by molar-refractivity contribution is 0.102. The molecular weight excluding hydrogens is 366 g/mol. The fourth-order valence-corrected chi connectivity index (χ4v) is 3.02. The molecule has 0 spiro atoms. The highest BCUT2D eigenvalue weighted by Gasteiger charge is 2.15. The number of benzene rings is 2. The zero-order valence-electron chi connectivity index (χ0n) is 16.7. The quantitative estimate of drug-likeness (QED) is 0.649. The fraction of sp³-hybridized carbons (Fsp3) is 0.217. The summed E-state index contributed by atoms with van der Waals surface area (Å²) >= 11 is 0. The third-order valence-electron chi connectivity index (χ3n) is 4.68. The van der Waals surface area contributed by atoms with E-state index in [9.17, 15) is 4.79 Å². The van der Waals surface area contributed by atoms with Gasteiger partial charge in [0, 0.05) is 29.2 Å². The van der Waals surface area contributed by atoms with Crippen molar-refractivity contribution in [2.75, 3.05) is 17.4 Å². The molecular formula is C23H23N3O3. The number of carbonyl (C=O) groups is 1. The summed E-state index contributed by atoms with van der Waals surface area (Å²) in [6, 6.07) is 16.9. The van der Waals surface area contributed by atoms with Gasteiger partial charge < -0.3 is 20.1 Å². The Morgan fingerprint density at radius 3 is 2.41 bits per heavy atom. The number of rotatable bonds is 4. The fourth-order valence-electron chi connectivity index (χ4n) is 3.02. The highest BCUT2D eigenvalue weighted by Crippen LogP contribution is 2.35. The van der Waals surface area contributed by atoms with Gasteiger partial charge in [-0.25, -0.2) is 4.98 Å². The standard InChI is InChI=1S/C23H23N3O3/c1-23(2,3)16-4-6-17(7-5-16)26-22(27)15-10-11-24-21(12-15)25-18-8-9-19-20(13-18)29-14-28-19/h4-13H,14H2,1-3H3,(H,24,25)(H,26,27). The number of hydrogen-bond donors (Lipinski definition) is 2. The molecule has 2 aromatic carbocycles. The second kappa shape index (κ2) is 7.47. The first-order chi connectivity index (χ1) is 13.9. The molecule has 0 saturated heterocycles. The maximum Gasteiger partial charge on any atom is 0.255 e. The predicted molar refractivity (Wildman–Crippen MR) is 113 cm³/mol. The molecule has 0 fully saturated rings. The van der Waals surface area contributed by atoms with Crippen LogP contribution in [0.3, 0.4) is 0 Å². The first-order valence-electron chi connectivity index (χ1n) is 9.43. The molecule has 2 heterocycles. The van der Waals surface area contributed by atoms with Gasteiger partial charge in [0.25, 0.3) is 5.91 Å². The van der Waals surface area contributed by atoms with Gasteiger partial charge in [0.1, 0.15) is 5.82 Å². The zero-order valence-corrected chi connectivity index (χ0v) is 16.7. The Morgan fingerprint density at radius 1 is 0.931 bits per heavy atom. The summed E-state index contributed by atoms with van der Waals surface area (Å²) in [4.78, 5) is 16.9. The van der Waals surface area contributed by atoms with E-state index in [-0.39, 0.29) is 18.1 Å². The molecule has 1 aliphatic heterocycles. The molecule has 0 aliphatic carbocycles. The lowest BCUT2D eigenvalue weighted by Crippen LogP contribution is -2.14. The average Bonchev–Trinajstić information content (AvgIpc) is 3.16. The molecule has 0 radical (unpaired) electrons. The molecule has 0 saturated carbocycles. The topological polar surface area (TPSA) is 72.5 Å². The average molecular weight is 389 g/mol. The van der Waals surface area contributed by atoms with E-state index in [4.69, 9.17) is 9.47 Å². The number of fused-ring (bicyclic) bond motifs is 1. The third-order valence-corrected chi connectivity index (χ3v) is 4.68. The molecule has 1 aromatic heterocycles. The van der Waals surface area contributed by atoms with Crippen molar-refractivity contribution in [1.82, 2.24) is 4.98 Å². The monoisotopic (exact) mass is 389 g/mol. The van der Waals surface area contributed by atoms with E-state index in [1.165, 1.54) is 5.56 Å². The summed E-state index contributed by atoms with van der Waals surface area (Å²) in [7, 11) is 0. The maximum atomic E-state index is 12.7. The zero-order chi connectivity index (χ0) is 20.4. The Labute approximate surface area is 169 Å². The summed E-state index contributed by atoms with van der Waals surface area (Å²) in [5, 5.41) is 6.12. The number of hydrogen-bond acceptors (Lipinski definition) is 5. The Kier molecular flexibility index (Phi) is 4.84. The number of aromatic nitrogens is 1. The van der Waals surface area contributed by atoms with Crippen LogP contribution in [0, 0.1) is 0 Å². The maximum absolute atomic E-state index is 12.7. The van der Waals surface area contributed by atoms with E-state index < -0.39 is 0 Å². The van der Waals surface area contributed by atoms with Crippen molar-refractivity contribution in [3.63, 3.8) is 0 Å². The minimum atomic E-state index is -0.190. The Morgan fingerprint density at radius 2 is 1.66 bits per heavy atom. The van der Waals surface area contributed by atoms with Gasteiger partial charge in [0.15, 0.2) is 11.5 Å². The van der Waals surface area contributed by atoms with Crippen LogP contribution in [0.1, 0.15) is 36.7 Å². The molecule has 6 heteroatoms. The first-order valence-corrected chi connectivity index (χ1v) is 9.43. The van der Waals surface area contributed by atoms with Crippen molar-refractivity contribution in [3.05, 3.63) is 71.9 Å². The lowest BCUT2D eigenvalue weighted by Gasteiger charge is -2.19. The molecule has 0 bridgehead atoms. The number of carbonyl (C=O) groups excluding carboxylic acids is 1. The smallest absolute Gasteiger partial charge is 0.255 e. The molecule has 1 aliphatic rings. The number of ether oxygens (including phenoxy) is 2. The van der Waals surface area contributed by atoms with Crippen molar-refractivity contribution in [2.24, 2.45) is 0 Å². The van der Waals surface area contributed by atoms with Gasteiger partial charge in [0.2, 0.25) is 6.79 Å². The number of anilines is 3. The number of nitrogens with one attached hydrogen (secondary N) is 2. The van der Waals surface area contributed by atoms with E-state index in [1.807, 2.05) is 42.5 Å². The minimum absolute atomic E-state index is 0.0724. The predicted octanol–water partition coefficient (Wildman–Crippen LogP) is 5.10. The summed E-state index contributed by atoms with van der Waals surface area (Å²) in [6.07, 6.45) is 1.60. The van der Waals surface area contributed by atoms with Gasteiger partial charge in [-0.15, -0.1) is 0 Å². The second-order valence-electron chi connectivity index (χ2n) is 7.90. The highest BCUT2D eigenvalue weighted by molar-refractivity contribution is 6.04. The van der Waals surface area contributed by atoms with E-state index in [0.717, 1.165) is 11.4 Å². The normalized spacial score (nSPS) is 12.5. The van der Waals surface area contributed by atoms with Crippen LogP contribution in [0.25, 0.3) is 0 Å². The van der Waals surface area contributed by atoms with Crippen molar-refractivity contribution < 1.29 is 14.3 Å². The molecule has 0 unspecified atom stereocenters. The molecule has 29 heavy (non-hydrogen) atoms. The van der Waals surface area contributed by atoms with Crippen molar-refractivity contribution in [2.45, 2.75) is 26.2 Å². The highest BCUT2D eigenvalue weighted by atomic mass is 16.7. The SMILES string of the molecule is CC(C)(C)c1ccc(NC(=O)c2ccnc(Nc3ccc4c(c3)OCO4)c2)cc1. The minimum Gasteiger partial charge on any atom is -0.454 e. The molecule has 4 rings (SSSR count). The van der Waals surface area contributed by atoms with Crippen LogP contribution in [0.2, 0.25) is 0 Å². The first kappa shape index (κ1) is 18.8. The molecule has 2 N–H and O–H groups in total. The van der Waals surface area contributed by atoms with E-state index in [0.29, 0.717) is 22.9 Å². The molecule has 3 aromatic rings. The van der Waals surface area contributed by atoms with Crippen LogP contribution < -0.4 is 20.1 Å². The molecule has 1 amide bonds. The number of amides is 1. The van der Waals surface area contributed by atoms with Gasteiger partial charge >= 0.3 is 0 Å². The van der Waals surface area contributed by atoms with Crippen LogP contribution in [-0.4, -0.2) is 17.7 Å². The Bertz CT molecular complexity index is 1040. The van der Waals surface area contributed by atoms with Gasteiger partial charge in [-0.2, -0.15) is 0 Å². The van der Waals surface area contributed by atoms with Crippen molar-refractivity contribution >= 4 is 23.1 Å². The van der Waals surface area contributed by atoms with Gasteiger partial charge in [0.05, 0.1) is 0 Å². The lowest BCUT2D eigenvalue weighted by atomic mass is 9.87. The van der Waals surface area contributed by atoms with E-state index >= 15 is 0 Å². The summed E-state index contributed by atoms with van der Waals surface area (Å²) in [6.45, 7) is 6.70. The molecule has 0 atom stereocenters. The Balaban J connectivity index is 1.46. The summed E-state index contributed by atoms with van der Waals surface area (Å²) in [5.41, 5.74) is 3.36. The number of pyridine rings is 1. The van der Waals surface area contributed by atoms with Crippen LogP contribution in [0.15, 0.2) is 60.8 Å². The van der Waals surface area contributed by atoms with Gasteiger partial charge in [-0.05, 0) is 47.4 Å². The van der Waals surface area contributed by atoms with E-state index in [1.54, 1.807) is 18.3 Å². The van der Waals surface area contributed by atoms with Crippen molar-refractivity contribution in [1.29, 1.82) is 0 Å².